The zero-order valence-electron chi connectivity index (χ0n) is 8.80. The fraction of sp³-hybridized carbons (Fsp3) is 0.250. The van der Waals surface area contributed by atoms with Crippen molar-refractivity contribution in [3.05, 3.63) is 47.5 Å². The highest BCUT2D eigenvalue weighted by Gasteiger charge is 2.25. The fourth-order valence-electron chi connectivity index (χ4n) is 2.32. The van der Waals surface area contributed by atoms with Crippen LogP contribution in [0, 0.1) is 0 Å². The molecule has 0 saturated carbocycles. The SMILES string of the molecule is Nc1ncnc(C2CCc3ccccc32)n1. The van der Waals surface area contributed by atoms with Gasteiger partial charge < -0.3 is 5.73 Å². The van der Waals surface area contributed by atoms with Crippen molar-refractivity contribution in [2.45, 2.75) is 18.8 Å². The molecule has 16 heavy (non-hydrogen) atoms. The van der Waals surface area contributed by atoms with E-state index in [-0.39, 0.29) is 5.92 Å². The summed E-state index contributed by atoms with van der Waals surface area (Å²) in [6.07, 6.45) is 3.63. The first-order chi connectivity index (χ1) is 7.84. The van der Waals surface area contributed by atoms with E-state index in [0.29, 0.717) is 5.95 Å². The van der Waals surface area contributed by atoms with Gasteiger partial charge in [-0.15, -0.1) is 0 Å². The molecule has 0 aliphatic heterocycles. The molecule has 3 rings (SSSR count). The summed E-state index contributed by atoms with van der Waals surface area (Å²) in [6.45, 7) is 0. The predicted molar refractivity (Wildman–Crippen MR) is 60.8 cm³/mol. The Kier molecular flexibility index (Phi) is 2.06. The molecule has 0 spiro atoms. The second-order valence-electron chi connectivity index (χ2n) is 3.99. The number of aromatic nitrogens is 3. The molecule has 0 amide bonds. The summed E-state index contributed by atoms with van der Waals surface area (Å²) >= 11 is 0. The third kappa shape index (κ3) is 1.43. The molecule has 2 N–H and O–H groups in total. The van der Waals surface area contributed by atoms with Crippen molar-refractivity contribution in [2.75, 3.05) is 5.73 Å². The molecular formula is C12H12N4. The summed E-state index contributed by atoms with van der Waals surface area (Å²) in [4.78, 5) is 12.3. The van der Waals surface area contributed by atoms with E-state index in [9.17, 15) is 0 Å². The van der Waals surface area contributed by atoms with Gasteiger partial charge in [-0.25, -0.2) is 9.97 Å². The first-order valence-corrected chi connectivity index (χ1v) is 5.37. The van der Waals surface area contributed by atoms with Gasteiger partial charge in [-0.3, -0.25) is 0 Å². The van der Waals surface area contributed by atoms with E-state index < -0.39 is 0 Å². The smallest absolute Gasteiger partial charge is 0.223 e. The predicted octanol–water partition coefficient (Wildman–Crippen LogP) is 1.53. The van der Waals surface area contributed by atoms with E-state index >= 15 is 0 Å². The van der Waals surface area contributed by atoms with Crippen LogP contribution in [-0.2, 0) is 6.42 Å². The number of nitrogens with two attached hydrogens (primary N) is 1. The summed E-state index contributed by atoms with van der Waals surface area (Å²) < 4.78 is 0. The summed E-state index contributed by atoms with van der Waals surface area (Å²) in [5, 5.41) is 0. The van der Waals surface area contributed by atoms with Crippen molar-refractivity contribution in [1.29, 1.82) is 0 Å². The molecule has 1 atom stereocenters. The molecule has 0 radical (unpaired) electrons. The van der Waals surface area contributed by atoms with Crippen molar-refractivity contribution >= 4 is 5.95 Å². The van der Waals surface area contributed by atoms with Gasteiger partial charge in [-0.1, -0.05) is 24.3 Å². The van der Waals surface area contributed by atoms with Gasteiger partial charge in [0.15, 0.2) is 0 Å². The number of hydrogen-bond donors (Lipinski definition) is 1. The minimum atomic E-state index is 0.279. The van der Waals surface area contributed by atoms with Crippen molar-refractivity contribution in [2.24, 2.45) is 0 Å². The van der Waals surface area contributed by atoms with Crippen LogP contribution in [-0.4, -0.2) is 15.0 Å². The largest absolute Gasteiger partial charge is 0.368 e. The lowest BCUT2D eigenvalue weighted by molar-refractivity contribution is 0.722. The molecule has 2 aromatic rings. The maximum absolute atomic E-state index is 5.58. The zero-order valence-corrected chi connectivity index (χ0v) is 8.80. The third-order valence-corrected chi connectivity index (χ3v) is 3.05. The number of fused-ring (bicyclic) bond motifs is 1. The first kappa shape index (κ1) is 9.27. The number of benzene rings is 1. The van der Waals surface area contributed by atoms with Gasteiger partial charge in [0.25, 0.3) is 0 Å². The number of hydrogen-bond acceptors (Lipinski definition) is 4. The van der Waals surface area contributed by atoms with E-state index in [1.54, 1.807) is 0 Å². The average molecular weight is 212 g/mol. The molecule has 0 fully saturated rings. The van der Waals surface area contributed by atoms with Gasteiger partial charge in [0.2, 0.25) is 5.95 Å². The number of nitrogens with zero attached hydrogens (tertiary/aromatic N) is 3. The maximum atomic E-state index is 5.58. The molecule has 4 nitrogen and oxygen atoms in total. The Labute approximate surface area is 93.6 Å². The molecular weight excluding hydrogens is 200 g/mol. The van der Waals surface area contributed by atoms with Crippen LogP contribution in [0.25, 0.3) is 0 Å². The number of nitrogen functional groups attached to an aromatic ring is 1. The Morgan fingerprint density at radius 2 is 2.06 bits per heavy atom. The van der Waals surface area contributed by atoms with Crippen molar-refractivity contribution in [3.63, 3.8) is 0 Å². The van der Waals surface area contributed by atoms with Gasteiger partial charge in [0, 0.05) is 5.92 Å². The van der Waals surface area contributed by atoms with E-state index in [0.717, 1.165) is 18.7 Å². The van der Waals surface area contributed by atoms with Crippen molar-refractivity contribution < 1.29 is 0 Å². The first-order valence-electron chi connectivity index (χ1n) is 5.37. The molecule has 1 aromatic heterocycles. The second kappa shape index (κ2) is 3.56. The van der Waals surface area contributed by atoms with E-state index in [1.165, 1.54) is 17.5 Å². The minimum Gasteiger partial charge on any atom is -0.368 e. The molecule has 1 aromatic carbocycles. The number of anilines is 1. The lowest BCUT2D eigenvalue weighted by Gasteiger charge is -2.09. The standard InChI is InChI=1S/C12H12N4/c13-12-15-7-14-11(16-12)10-6-5-8-3-1-2-4-9(8)10/h1-4,7,10H,5-6H2,(H2,13,14,15,16). The molecule has 1 heterocycles. The molecule has 0 saturated heterocycles. The Hall–Kier alpha value is -1.97. The summed E-state index contributed by atoms with van der Waals surface area (Å²) in [6, 6.07) is 8.44. The molecule has 80 valence electrons. The highest BCUT2D eigenvalue weighted by atomic mass is 15.1. The van der Waals surface area contributed by atoms with Crippen LogP contribution in [0.1, 0.15) is 29.3 Å². The highest BCUT2D eigenvalue weighted by Crippen LogP contribution is 2.36. The molecule has 0 bridgehead atoms. The zero-order chi connectivity index (χ0) is 11.0. The Morgan fingerprint density at radius 3 is 2.94 bits per heavy atom. The molecule has 4 heteroatoms. The van der Waals surface area contributed by atoms with Gasteiger partial charge in [-0.2, -0.15) is 4.98 Å². The van der Waals surface area contributed by atoms with Gasteiger partial charge in [-0.05, 0) is 24.0 Å². The Bertz CT molecular complexity index is 524. The summed E-state index contributed by atoms with van der Waals surface area (Å²) in [5.74, 6) is 1.37. The highest BCUT2D eigenvalue weighted by molar-refractivity contribution is 5.38. The quantitative estimate of drug-likeness (QED) is 0.778. The van der Waals surface area contributed by atoms with Crippen LogP contribution in [0.5, 0.6) is 0 Å². The van der Waals surface area contributed by atoms with Gasteiger partial charge >= 0.3 is 0 Å². The van der Waals surface area contributed by atoms with E-state index in [1.807, 2.05) is 0 Å². The number of aryl methyl sites for hydroxylation is 1. The summed E-state index contributed by atoms with van der Waals surface area (Å²) in [7, 11) is 0. The monoisotopic (exact) mass is 212 g/mol. The third-order valence-electron chi connectivity index (χ3n) is 3.05. The van der Waals surface area contributed by atoms with Crippen LogP contribution in [0.3, 0.4) is 0 Å². The molecule has 1 aliphatic rings. The Balaban J connectivity index is 2.05. The maximum Gasteiger partial charge on any atom is 0.223 e. The van der Waals surface area contributed by atoms with E-state index in [2.05, 4.69) is 39.2 Å². The Morgan fingerprint density at radius 1 is 1.19 bits per heavy atom. The van der Waals surface area contributed by atoms with Gasteiger partial charge in [0.05, 0.1) is 0 Å². The normalized spacial score (nSPS) is 18.4. The lowest BCUT2D eigenvalue weighted by Crippen LogP contribution is -2.06. The minimum absolute atomic E-state index is 0.279. The van der Waals surface area contributed by atoms with Gasteiger partial charge in [0.1, 0.15) is 12.2 Å². The molecule has 1 aliphatic carbocycles. The van der Waals surface area contributed by atoms with Crippen LogP contribution >= 0.6 is 0 Å². The van der Waals surface area contributed by atoms with Crippen LogP contribution in [0.15, 0.2) is 30.6 Å². The second-order valence-corrected chi connectivity index (χ2v) is 3.99. The van der Waals surface area contributed by atoms with Crippen LogP contribution < -0.4 is 5.73 Å². The van der Waals surface area contributed by atoms with Crippen LogP contribution in [0.2, 0.25) is 0 Å². The summed E-state index contributed by atoms with van der Waals surface area (Å²) in [5.41, 5.74) is 8.31. The van der Waals surface area contributed by atoms with Crippen molar-refractivity contribution in [1.82, 2.24) is 15.0 Å². The van der Waals surface area contributed by atoms with Crippen LogP contribution in [0.4, 0.5) is 5.95 Å². The van der Waals surface area contributed by atoms with Crippen molar-refractivity contribution in [3.8, 4) is 0 Å². The fourth-order valence-corrected chi connectivity index (χ4v) is 2.32. The topological polar surface area (TPSA) is 64.7 Å². The average Bonchev–Trinajstić information content (AvgIpc) is 2.72. The molecule has 1 unspecified atom stereocenters. The number of rotatable bonds is 1. The van der Waals surface area contributed by atoms with E-state index in [4.69, 9.17) is 5.73 Å². The lowest BCUT2D eigenvalue weighted by atomic mass is 10.0.